The molecular weight excluding hydrogens is 289 g/mol. The zero-order chi connectivity index (χ0) is 11.8. The minimum atomic E-state index is -4.48. The van der Waals surface area contributed by atoms with E-state index in [-0.39, 0.29) is 11.6 Å². The van der Waals surface area contributed by atoms with Crippen molar-refractivity contribution >= 4 is 15.9 Å². The number of oxazole rings is 1. The van der Waals surface area contributed by atoms with Crippen LogP contribution >= 0.6 is 15.9 Å². The third kappa shape index (κ3) is 2.08. The van der Waals surface area contributed by atoms with Gasteiger partial charge < -0.3 is 4.42 Å². The molecule has 0 saturated heterocycles. The van der Waals surface area contributed by atoms with Crippen molar-refractivity contribution in [2.24, 2.45) is 0 Å². The van der Waals surface area contributed by atoms with Crippen LogP contribution in [0.15, 0.2) is 33.5 Å². The van der Waals surface area contributed by atoms with Crippen LogP contribution in [0.2, 0.25) is 0 Å². The lowest BCUT2D eigenvalue weighted by atomic mass is 10.3. The zero-order valence-corrected chi connectivity index (χ0v) is 9.21. The van der Waals surface area contributed by atoms with Crippen molar-refractivity contribution in [3.8, 4) is 11.6 Å². The Bertz CT molecular complexity index is 496. The Labute approximate surface area is 96.5 Å². The van der Waals surface area contributed by atoms with Crippen LogP contribution in [-0.4, -0.2) is 9.97 Å². The molecular formula is C9H4BrF3N2O. The Morgan fingerprint density at radius 2 is 2.00 bits per heavy atom. The Morgan fingerprint density at radius 1 is 1.25 bits per heavy atom. The van der Waals surface area contributed by atoms with E-state index in [0.717, 1.165) is 6.07 Å². The van der Waals surface area contributed by atoms with Gasteiger partial charge in [0.2, 0.25) is 5.89 Å². The predicted molar refractivity (Wildman–Crippen MR) is 52.4 cm³/mol. The first-order valence-corrected chi connectivity index (χ1v) is 4.91. The van der Waals surface area contributed by atoms with Gasteiger partial charge in [0.05, 0.1) is 6.20 Å². The van der Waals surface area contributed by atoms with Gasteiger partial charge in [0, 0.05) is 4.47 Å². The highest BCUT2D eigenvalue weighted by atomic mass is 79.9. The number of alkyl halides is 3. The maximum absolute atomic E-state index is 12.4. The Balaban J connectivity index is 2.54. The summed E-state index contributed by atoms with van der Waals surface area (Å²) in [6.07, 6.45) is -1.88. The minimum Gasteiger partial charge on any atom is -0.443 e. The van der Waals surface area contributed by atoms with Crippen molar-refractivity contribution in [1.29, 1.82) is 0 Å². The van der Waals surface area contributed by atoms with E-state index < -0.39 is 11.9 Å². The first kappa shape index (κ1) is 11.1. The average molecular weight is 293 g/mol. The van der Waals surface area contributed by atoms with Crippen molar-refractivity contribution in [3.63, 3.8) is 0 Å². The summed E-state index contributed by atoms with van der Waals surface area (Å²) in [5, 5.41) is 0. The van der Waals surface area contributed by atoms with Crippen LogP contribution in [0.4, 0.5) is 13.2 Å². The van der Waals surface area contributed by atoms with Crippen molar-refractivity contribution in [2.75, 3.05) is 0 Å². The molecule has 0 unspecified atom stereocenters. The van der Waals surface area contributed by atoms with E-state index in [1.54, 1.807) is 0 Å². The molecule has 0 N–H and O–H groups in total. The molecule has 2 heterocycles. The fourth-order valence-electron chi connectivity index (χ4n) is 1.09. The van der Waals surface area contributed by atoms with E-state index in [0.29, 0.717) is 4.47 Å². The van der Waals surface area contributed by atoms with E-state index in [2.05, 4.69) is 25.9 Å². The van der Waals surface area contributed by atoms with Gasteiger partial charge in [0.15, 0.2) is 0 Å². The number of nitrogens with zero attached hydrogens (tertiary/aromatic N) is 2. The van der Waals surface area contributed by atoms with E-state index in [1.165, 1.54) is 18.5 Å². The Hall–Kier alpha value is -1.37. The van der Waals surface area contributed by atoms with Gasteiger partial charge in [-0.1, -0.05) is 0 Å². The molecule has 0 radical (unpaired) electrons. The number of pyridine rings is 1. The summed E-state index contributed by atoms with van der Waals surface area (Å²) in [4.78, 5) is 7.20. The number of hydrogen-bond donors (Lipinski definition) is 0. The van der Waals surface area contributed by atoms with Gasteiger partial charge in [0.1, 0.15) is 17.7 Å². The summed E-state index contributed by atoms with van der Waals surface area (Å²) in [5.41, 5.74) is -0.955. The van der Waals surface area contributed by atoms with Gasteiger partial charge in [-0.05, 0) is 28.1 Å². The third-order valence-electron chi connectivity index (χ3n) is 1.77. The van der Waals surface area contributed by atoms with Gasteiger partial charge in [-0.25, -0.2) is 9.97 Å². The summed E-state index contributed by atoms with van der Waals surface area (Å²) in [6, 6.07) is 2.14. The van der Waals surface area contributed by atoms with Crippen molar-refractivity contribution < 1.29 is 17.6 Å². The van der Waals surface area contributed by atoms with Crippen LogP contribution < -0.4 is 0 Å². The smallest absolute Gasteiger partial charge is 0.433 e. The summed E-state index contributed by atoms with van der Waals surface area (Å²) in [5.74, 6) is 0.0398. The van der Waals surface area contributed by atoms with E-state index in [4.69, 9.17) is 4.42 Å². The summed E-state index contributed by atoms with van der Waals surface area (Å²) in [6.45, 7) is 0. The molecule has 0 aromatic carbocycles. The highest BCUT2D eigenvalue weighted by Crippen LogP contribution is 2.32. The van der Waals surface area contributed by atoms with Gasteiger partial charge in [-0.2, -0.15) is 13.2 Å². The molecule has 3 nitrogen and oxygen atoms in total. The van der Waals surface area contributed by atoms with Crippen molar-refractivity contribution in [1.82, 2.24) is 9.97 Å². The minimum absolute atomic E-state index is 0.0276. The highest BCUT2D eigenvalue weighted by Gasteiger charge is 2.33. The number of hydrogen-bond acceptors (Lipinski definition) is 3. The van der Waals surface area contributed by atoms with Crippen LogP contribution in [-0.2, 0) is 6.18 Å². The molecule has 0 bridgehead atoms. The molecule has 16 heavy (non-hydrogen) atoms. The molecule has 7 heteroatoms. The molecule has 0 aliphatic heterocycles. The number of aromatic nitrogens is 2. The lowest BCUT2D eigenvalue weighted by molar-refractivity contribution is -0.141. The highest BCUT2D eigenvalue weighted by molar-refractivity contribution is 9.10. The fourth-order valence-corrected chi connectivity index (χ4v) is 1.48. The molecule has 0 amide bonds. The average Bonchev–Trinajstić information content (AvgIpc) is 2.69. The van der Waals surface area contributed by atoms with E-state index in [9.17, 15) is 13.2 Å². The number of rotatable bonds is 1. The molecule has 84 valence electrons. The molecule has 0 atom stereocenters. The van der Waals surface area contributed by atoms with Gasteiger partial charge >= 0.3 is 6.18 Å². The second-order valence-electron chi connectivity index (χ2n) is 2.86. The molecule has 0 saturated carbocycles. The summed E-state index contributed by atoms with van der Waals surface area (Å²) < 4.78 is 42.5. The monoisotopic (exact) mass is 292 g/mol. The first-order chi connectivity index (χ1) is 7.48. The maximum Gasteiger partial charge on any atom is 0.433 e. The van der Waals surface area contributed by atoms with Gasteiger partial charge in [-0.3, -0.25) is 0 Å². The lowest BCUT2D eigenvalue weighted by Gasteiger charge is -2.07. The third-order valence-corrected chi connectivity index (χ3v) is 2.41. The fraction of sp³-hybridized carbons (Fsp3) is 0.111. The van der Waals surface area contributed by atoms with Crippen LogP contribution in [0.1, 0.15) is 5.69 Å². The molecule has 0 aliphatic carbocycles. The number of halogens is 4. The quantitative estimate of drug-likeness (QED) is 0.807. The maximum atomic E-state index is 12.4. The zero-order valence-electron chi connectivity index (χ0n) is 7.62. The largest absolute Gasteiger partial charge is 0.443 e. The summed E-state index contributed by atoms with van der Waals surface area (Å²) >= 11 is 3.09. The predicted octanol–water partition coefficient (Wildman–Crippen LogP) is 3.52. The normalized spacial score (nSPS) is 11.8. The first-order valence-electron chi connectivity index (χ1n) is 4.12. The molecule has 2 rings (SSSR count). The van der Waals surface area contributed by atoms with Crippen LogP contribution in [0.5, 0.6) is 0 Å². The molecule has 2 aromatic rings. The van der Waals surface area contributed by atoms with Crippen LogP contribution in [0, 0.1) is 0 Å². The van der Waals surface area contributed by atoms with Crippen LogP contribution in [0.3, 0.4) is 0 Å². The molecule has 0 fully saturated rings. The molecule has 0 aliphatic rings. The second kappa shape index (κ2) is 3.89. The molecule has 2 aromatic heterocycles. The Morgan fingerprint density at radius 3 is 2.56 bits per heavy atom. The van der Waals surface area contributed by atoms with Crippen LogP contribution in [0.25, 0.3) is 11.6 Å². The molecule has 0 spiro atoms. The van der Waals surface area contributed by atoms with Crippen molar-refractivity contribution in [3.05, 3.63) is 34.8 Å². The van der Waals surface area contributed by atoms with E-state index >= 15 is 0 Å². The van der Waals surface area contributed by atoms with Crippen molar-refractivity contribution in [2.45, 2.75) is 6.18 Å². The summed E-state index contributed by atoms with van der Waals surface area (Å²) in [7, 11) is 0. The van der Waals surface area contributed by atoms with Gasteiger partial charge in [0.25, 0.3) is 0 Å². The van der Waals surface area contributed by atoms with Gasteiger partial charge in [-0.15, -0.1) is 0 Å². The SMILES string of the molecule is FC(F)(F)c1ccc(Br)c(-c2ncco2)n1. The Kier molecular flexibility index (Phi) is 2.71. The topological polar surface area (TPSA) is 38.9 Å². The second-order valence-corrected chi connectivity index (χ2v) is 3.72. The lowest BCUT2D eigenvalue weighted by Crippen LogP contribution is -2.08. The standard InChI is InChI=1S/C9H4BrF3N2O/c10-5-1-2-6(9(11,12)13)15-7(5)8-14-3-4-16-8/h1-4H. The van der Waals surface area contributed by atoms with E-state index in [1.807, 2.05) is 0 Å².